The van der Waals surface area contributed by atoms with Crippen molar-refractivity contribution in [3.8, 4) is 5.75 Å². The summed E-state index contributed by atoms with van der Waals surface area (Å²) in [7, 11) is 0. The van der Waals surface area contributed by atoms with Crippen LogP contribution in [0.15, 0.2) is 54.6 Å². The number of benzene rings is 2. The van der Waals surface area contributed by atoms with Crippen LogP contribution in [-0.4, -0.2) is 30.4 Å². The van der Waals surface area contributed by atoms with Crippen LogP contribution in [0.4, 0.5) is 0 Å². The van der Waals surface area contributed by atoms with Gasteiger partial charge in [0, 0.05) is 13.0 Å². The Hall–Kier alpha value is -2.33. The van der Waals surface area contributed by atoms with Crippen molar-refractivity contribution in [3.63, 3.8) is 0 Å². The van der Waals surface area contributed by atoms with Crippen LogP contribution < -0.4 is 10.3 Å². The fraction of sp³-hybridized carbons (Fsp3) is 0.381. The summed E-state index contributed by atoms with van der Waals surface area (Å²) in [6.45, 7) is 5.33. The van der Waals surface area contributed by atoms with Crippen molar-refractivity contribution in [1.29, 1.82) is 0 Å². The molecule has 1 saturated heterocycles. The molecule has 1 aliphatic heterocycles. The average molecular weight is 338 g/mol. The highest BCUT2D eigenvalue weighted by Crippen LogP contribution is 2.19. The van der Waals surface area contributed by atoms with Gasteiger partial charge >= 0.3 is 0 Å². The summed E-state index contributed by atoms with van der Waals surface area (Å²) in [4.78, 5) is 19.8. The van der Waals surface area contributed by atoms with Gasteiger partial charge in [-0.15, -0.1) is 0 Å². The van der Waals surface area contributed by atoms with E-state index in [9.17, 15) is 4.79 Å². The van der Waals surface area contributed by atoms with Gasteiger partial charge in [-0.3, -0.25) is 4.79 Å². The third-order valence-electron chi connectivity index (χ3n) is 4.75. The number of hydrogen-bond acceptors (Lipinski definition) is 3. The molecule has 1 N–H and O–H groups in total. The summed E-state index contributed by atoms with van der Waals surface area (Å²) < 4.78 is 0. The molecule has 3 rings (SSSR count). The Balaban J connectivity index is 1.43. The molecular weight excluding hydrogens is 312 g/mol. The molecule has 1 fully saturated rings. The van der Waals surface area contributed by atoms with Crippen molar-refractivity contribution < 1.29 is 9.63 Å². The molecule has 2 aromatic carbocycles. The fourth-order valence-electron chi connectivity index (χ4n) is 3.29. The molecule has 1 aliphatic rings. The maximum absolute atomic E-state index is 12.0. The summed E-state index contributed by atoms with van der Waals surface area (Å²) in [5.74, 6) is 1.06. The normalized spacial score (nSPS) is 17.4. The van der Waals surface area contributed by atoms with Gasteiger partial charge in [0.15, 0.2) is 5.75 Å². The molecule has 0 bridgehead atoms. The van der Waals surface area contributed by atoms with Crippen molar-refractivity contribution in [1.82, 2.24) is 10.4 Å². The van der Waals surface area contributed by atoms with E-state index in [1.807, 2.05) is 42.5 Å². The number of hydrogen-bond donors (Lipinski definition) is 1. The Labute approximate surface area is 149 Å². The van der Waals surface area contributed by atoms with Crippen LogP contribution in [0, 0.1) is 5.92 Å². The zero-order valence-corrected chi connectivity index (χ0v) is 14.8. The molecule has 0 aromatic heterocycles. The highest BCUT2D eigenvalue weighted by molar-refractivity contribution is 5.75. The number of amides is 1. The van der Waals surface area contributed by atoms with E-state index < -0.39 is 0 Å². The molecule has 1 heterocycles. The van der Waals surface area contributed by atoms with Crippen LogP contribution in [0.5, 0.6) is 5.75 Å². The van der Waals surface area contributed by atoms with Crippen LogP contribution in [0.3, 0.4) is 0 Å². The van der Waals surface area contributed by atoms with Gasteiger partial charge < -0.3 is 9.74 Å². The van der Waals surface area contributed by atoms with E-state index in [0.29, 0.717) is 18.1 Å². The number of rotatable bonds is 7. The minimum absolute atomic E-state index is 0.0451. The first-order valence-corrected chi connectivity index (χ1v) is 9.04. The molecule has 1 atom stereocenters. The second kappa shape index (κ2) is 8.67. The fourth-order valence-corrected chi connectivity index (χ4v) is 3.29. The van der Waals surface area contributed by atoms with Gasteiger partial charge in [-0.2, -0.15) is 5.48 Å². The Morgan fingerprint density at radius 3 is 2.52 bits per heavy atom. The molecule has 0 aliphatic carbocycles. The topological polar surface area (TPSA) is 41.6 Å². The first-order valence-electron chi connectivity index (χ1n) is 9.04. The van der Waals surface area contributed by atoms with E-state index >= 15 is 0 Å². The number of nitrogens with zero attached hydrogens (tertiary/aromatic N) is 1. The van der Waals surface area contributed by atoms with E-state index in [-0.39, 0.29) is 5.91 Å². The minimum atomic E-state index is -0.0451. The summed E-state index contributed by atoms with van der Waals surface area (Å²) in [6, 6.07) is 18.2. The first-order chi connectivity index (χ1) is 12.2. The number of nitrogens with one attached hydrogen (secondary N) is 1. The number of likely N-dealkylation sites (tertiary alicyclic amines) is 1. The third kappa shape index (κ3) is 5.33. The van der Waals surface area contributed by atoms with Gasteiger partial charge in [0.25, 0.3) is 5.91 Å². The Morgan fingerprint density at radius 1 is 1.12 bits per heavy atom. The van der Waals surface area contributed by atoms with Crippen molar-refractivity contribution in [2.75, 3.05) is 19.6 Å². The number of carbonyl (C=O) groups is 1. The molecule has 0 saturated carbocycles. The lowest BCUT2D eigenvalue weighted by Crippen LogP contribution is -2.29. The molecule has 0 radical (unpaired) electrons. The number of carbonyl (C=O) groups excluding carboxylic acids is 1. The number of hydroxylamine groups is 1. The maximum Gasteiger partial charge on any atom is 0.252 e. The van der Waals surface area contributed by atoms with E-state index in [0.717, 1.165) is 32.5 Å². The monoisotopic (exact) mass is 338 g/mol. The van der Waals surface area contributed by atoms with Crippen molar-refractivity contribution in [3.05, 3.63) is 65.7 Å². The van der Waals surface area contributed by atoms with E-state index in [1.165, 1.54) is 11.1 Å². The van der Waals surface area contributed by atoms with Gasteiger partial charge in [0.1, 0.15) is 0 Å². The Kier molecular flexibility index (Phi) is 6.07. The minimum Gasteiger partial charge on any atom is -0.380 e. The summed E-state index contributed by atoms with van der Waals surface area (Å²) in [5.41, 5.74) is 5.07. The quantitative estimate of drug-likeness (QED) is 0.787. The second-order valence-electron chi connectivity index (χ2n) is 6.69. The van der Waals surface area contributed by atoms with Gasteiger partial charge in [-0.05, 0) is 55.1 Å². The van der Waals surface area contributed by atoms with Crippen molar-refractivity contribution in [2.24, 2.45) is 5.92 Å². The largest absolute Gasteiger partial charge is 0.380 e. The molecule has 4 heteroatoms. The van der Waals surface area contributed by atoms with Crippen LogP contribution in [0.25, 0.3) is 0 Å². The molecule has 0 spiro atoms. The van der Waals surface area contributed by atoms with Gasteiger partial charge in [-0.25, -0.2) is 0 Å². The SMILES string of the molecule is CCN1CCC(CC(=O)NOc2ccc(Cc3ccccc3)cc2)C1. The van der Waals surface area contributed by atoms with Crippen LogP contribution in [-0.2, 0) is 11.2 Å². The summed E-state index contributed by atoms with van der Waals surface area (Å²) in [5, 5.41) is 0. The third-order valence-corrected chi connectivity index (χ3v) is 4.75. The van der Waals surface area contributed by atoms with Gasteiger partial charge in [0.05, 0.1) is 0 Å². The van der Waals surface area contributed by atoms with Crippen LogP contribution >= 0.6 is 0 Å². The van der Waals surface area contributed by atoms with E-state index in [1.54, 1.807) is 0 Å². The van der Waals surface area contributed by atoms with E-state index in [4.69, 9.17) is 4.84 Å². The zero-order valence-electron chi connectivity index (χ0n) is 14.8. The summed E-state index contributed by atoms with van der Waals surface area (Å²) >= 11 is 0. The molecule has 1 amide bonds. The molecule has 132 valence electrons. The first kappa shape index (κ1) is 17.5. The molecule has 2 aromatic rings. The molecule has 4 nitrogen and oxygen atoms in total. The highest BCUT2D eigenvalue weighted by Gasteiger charge is 2.23. The van der Waals surface area contributed by atoms with Gasteiger partial charge in [0.2, 0.25) is 0 Å². The van der Waals surface area contributed by atoms with E-state index in [2.05, 4.69) is 29.4 Å². The smallest absolute Gasteiger partial charge is 0.252 e. The van der Waals surface area contributed by atoms with Crippen LogP contribution in [0.1, 0.15) is 30.9 Å². The maximum atomic E-state index is 12.0. The molecule has 1 unspecified atom stereocenters. The zero-order chi connectivity index (χ0) is 17.5. The van der Waals surface area contributed by atoms with Crippen LogP contribution in [0.2, 0.25) is 0 Å². The molecular formula is C21H26N2O2. The lowest BCUT2D eigenvalue weighted by Gasteiger charge is -2.13. The lowest BCUT2D eigenvalue weighted by atomic mass is 10.1. The summed E-state index contributed by atoms with van der Waals surface area (Å²) in [6.07, 6.45) is 2.52. The highest BCUT2D eigenvalue weighted by atomic mass is 16.7. The predicted molar refractivity (Wildman–Crippen MR) is 99.3 cm³/mol. The molecule has 25 heavy (non-hydrogen) atoms. The van der Waals surface area contributed by atoms with Gasteiger partial charge in [-0.1, -0.05) is 49.4 Å². The van der Waals surface area contributed by atoms with Crippen molar-refractivity contribution in [2.45, 2.75) is 26.2 Å². The Morgan fingerprint density at radius 2 is 1.84 bits per heavy atom. The lowest BCUT2D eigenvalue weighted by molar-refractivity contribution is -0.128. The average Bonchev–Trinajstić information content (AvgIpc) is 3.09. The second-order valence-corrected chi connectivity index (χ2v) is 6.69. The predicted octanol–water partition coefficient (Wildman–Crippen LogP) is 3.42. The van der Waals surface area contributed by atoms with Crippen molar-refractivity contribution >= 4 is 5.91 Å². The Bertz CT molecular complexity index is 670. The standard InChI is InChI=1S/C21H26N2O2/c1-2-23-13-12-19(16-23)15-21(24)22-25-20-10-8-18(9-11-20)14-17-6-4-3-5-7-17/h3-11,19H,2,12-16H2,1H3,(H,22,24).